The van der Waals surface area contributed by atoms with Crippen LogP contribution in [0.1, 0.15) is 36.8 Å². The summed E-state index contributed by atoms with van der Waals surface area (Å²) in [4.78, 5) is 25.3. The van der Waals surface area contributed by atoms with E-state index < -0.39 is 0 Å². The van der Waals surface area contributed by atoms with E-state index in [9.17, 15) is 9.90 Å². The lowest BCUT2D eigenvalue weighted by Crippen LogP contribution is -2.46. The zero-order valence-electron chi connectivity index (χ0n) is 15.7. The monoisotopic (exact) mass is 367 g/mol. The van der Waals surface area contributed by atoms with Gasteiger partial charge in [0.15, 0.2) is 0 Å². The quantitative estimate of drug-likeness (QED) is 0.871. The number of rotatable bonds is 3. The number of nitrogens with zero attached hydrogens (tertiary/aromatic N) is 4. The molecule has 0 unspecified atom stereocenters. The van der Waals surface area contributed by atoms with Crippen molar-refractivity contribution >= 4 is 23.5 Å². The highest BCUT2D eigenvalue weighted by molar-refractivity contribution is 6.05. The molecule has 7 nitrogen and oxygen atoms in total. The number of aliphatic hydroxyl groups is 1. The fraction of sp³-hybridized carbons (Fsp3) is 0.450. The van der Waals surface area contributed by atoms with Crippen LogP contribution in [-0.2, 0) is 6.54 Å². The van der Waals surface area contributed by atoms with Crippen LogP contribution in [0.15, 0.2) is 30.5 Å². The minimum atomic E-state index is -0.191. The third-order valence-electron chi connectivity index (χ3n) is 5.44. The van der Waals surface area contributed by atoms with Crippen molar-refractivity contribution in [2.75, 3.05) is 22.2 Å². The van der Waals surface area contributed by atoms with E-state index in [0.717, 1.165) is 42.5 Å². The van der Waals surface area contributed by atoms with Gasteiger partial charge in [-0.15, -0.1) is 0 Å². The van der Waals surface area contributed by atoms with Crippen molar-refractivity contribution < 1.29 is 9.90 Å². The summed E-state index contributed by atoms with van der Waals surface area (Å²) in [6.45, 7) is 2.46. The van der Waals surface area contributed by atoms with Crippen LogP contribution in [0, 0.1) is 6.92 Å². The lowest BCUT2D eigenvalue weighted by Gasteiger charge is -2.35. The Labute approximate surface area is 159 Å². The normalized spacial score (nSPS) is 22.6. The molecule has 2 N–H and O–H groups in total. The largest absolute Gasteiger partial charge is 0.393 e. The molecular weight excluding hydrogens is 342 g/mol. The molecule has 0 bridgehead atoms. The number of amides is 2. The highest BCUT2D eigenvalue weighted by Gasteiger charge is 2.31. The molecule has 142 valence electrons. The fourth-order valence-corrected chi connectivity index (χ4v) is 3.84. The van der Waals surface area contributed by atoms with Crippen LogP contribution in [0.2, 0.25) is 0 Å². The number of aromatic nitrogens is 2. The number of carbonyl (C=O) groups excluding carboxylic acids is 1. The van der Waals surface area contributed by atoms with Crippen molar-refractivity contribution in [2.24, 2.45) is 0 Å². The molecule has 1 saturated carbocycles. The van der Waals surface area contributed by atoms with Gasteiger partial charge in [0, 0.05) is 30.5 Å². The summed E-state index contributed by atoms with van der Waals surface area (Å²) < 4.78 is 0. The first kappa shape index (κ1) is 17.7. The van der Waals surface area contributed by atoms with E-state index in [1.807, 2.05) is 31.2 Å². The highest BCUT2D eigenvalue weighted by atomic mass is 16.3. The standard InChI is InChI=1S/C20H25N5O2/c1-13-5-3-4-6-17(13)25-12-14-11-21-19(23-18(14)24(2)20(25)27)22-15-7-9-16(26)10-8-15/h3-6,11,15-16,26H,7-10,12H2,1-2H3,(H,21,22,23)/t15-,16-. The molecule has 1 aromatic carbocycles. The lowest BCUT2D eigenvalue weighted by molar-refractivity contribution is 0.126. The number of anilines is 3. The molecular formula is C20H25N5O2. The van der Waals surface area contributed by atoms with Crippen molar-refractivity contribution in [3.05, 3.63) is 41.6 Å². The minimum absolute atomic E-state index is 0.0951. The molecule has 0 saturated heterocycles. The van der Waals surface area contributed by atoms with Gasteiger partial charge < -0.3 is 10.4 Å². The van der Waals surface area contributed by atoms with Crippen molar-refractivity contribution in [2.45, 2.75) is 51.3 Å². The summed E-state index contributed by atoms with van der Waals surface area (Å²) in [5.41, 5.74) is 2.88. The number of aryl methyl sites for hydroxylation is 1. The van der Waals surface area contributed by atoms with Gasteiger partial charge in [-0.1, -0.05) is 18.2 Å². The SMILES string of the molecule is Cc1ccccc1N1Cc2cnc(N[C@H]3CC[C@H](O)CC3)nc2N(C)C1=O. The number of aliphatic hydroxyl groups excluding tert-OH is 1. The van der Waals surface area contributed by atoms with E-state index >= 15 is 0 Å². The summed E-state index contributed by atoms with van der Waals surface area (Å²) in [6.07, 6.45) is 5.01. The predicted octanol–water partition coefficient (Wildman–Crippen LogP) is 3.08. The Morgan fingerprint density at radius 3 is 2.67 bits per heavy atom. The summed E-state index contributed by atoms with van der Waals surface area (Å²) in [5, 5.41) is 13.0. The number of nitrogens with one attached hydrogen (secondary N) is 1. The molecule has 2 heterocycles. The van der Waals surface area contributed by atoms with Crippen LogP contribution >= 0.6 is 0 Å². The number of benzene rings is 1. The number of fused-ring (bicyclic) bond motifs is 1. The summed E-state index contributed by atoms with van der Waals surface area (Å²) >= 11 is 0. The van der Waals surface area contributed by atoms with Crippen LogP contribution in [-0.4, -0.2) is 40.3 Å². The molecule has 2 aliphatic rings. The van der Waals surface area contributed by atoms with Crippen LogP contribution in [0.5, 0.6) is 0 Å². The lowest BCUT2D eigenvalue weighted by atomic mass is 9.93. The Hall–Kier alpha value is -2.67. The summed E-state index contributed by atoms with van der Waals surface area (Å²) in [6, 6.07) is 8.04. The second kappa shape index (κ2) is 7.15. The van der Waals surface area contributed by atoms with Crippen LogP contribution < -0.4 is 15.1 Å². The number of urea groups is 1. The molecule has 1 aliphatic carbocycles. The van der Waals surface area contributed by atoms with Gasteiger partial charge in [-0.05, 0) is 44.2 Å². The number of carbonyl (C=O) groups is 1. The first-order valence-corrected chi connectivity index (χ1v) is 9.44. The van der Waals surface area contributed by atoms with E-state index in [0.29, 0.717) is 18.3 Å². The average Bonchev–Trinajstić information content (AvgIpc) is 2.67. The number of hydrogen-bond donors (Lipinski definition) is 2. The first-order chi connectivity index (χ1) is 13.0. The topological polar surface area (TPSA) is 81.6 Å². The van der Waals surface area contributed by atoms with Gasteiger partial charge in [0.2, 0.25) is 5.95 Å². The molecule has 1 aromatic heterocycles. The van der Waals surface area contributed by atoms with Gasteiger partial charge in [0.1, 0.15) is 5.82 Å². The average molecular weight is 367 g/mol. The van der Waals surface area contributed by atoms with E-state index in [1.54, 1.807) is 23.0 Å². The van der Waals surface area contributed by atoms with Gasteiger partial charge in [-0.2, -0.15) is 4.98 Å². The molecule has 27 heavy (non-hydrogen) atoms. The molecule has 0 spiro atoms. The predicted molar refractivity (Wildman–Crippen MR) is 105 cm³/mol. The molecule has 0 radical (unpaired) electrons. The van der Waals surface area contributed by atoms with E-state index in [1.165, 1.54) is 0 Å². The Balaban J connectivity index is 1.56. The second-order valence-electron chi connectivity index (χ2n) is 7.41. The number of hydrogen-bond acceptors (Lipinski definition) is 5. The molecule has 2 aromatic rings. The number of para-hydroxylation sites is 1. The second-order valence-corrected chi connectivity index (χ2v) is 7.41. The van der Waals surface area contributed by atoms with E-state index in [4.69, 9.17) is 0 Å². The smallest absolute Gasteiger partial charge is 0.330 e. The van der Waals surface area contributed by atoms with Crippen molar-refractivity contribution in [1.29, 1.82) is 0 Å². The maximum Gasteiger partial charge on any atom is 0.330 e. The zero-order chi connectivity index (χ0) is 19.0. The van der Waals surface area contributed by atoms with Gasteiger partial charge in [-0.25, -0.2) is 9.78 Å². The third kappa shape index (κ3) is 3.47. The molecule has 1 aliphatic heterocycles. The molecule has 2 amide bonds. The van der Waals surface area contributed by atoms with E-state index in [-0.39, 0.29) is 18.2 Å². The van der Waals surface area contributed by atoms with Crippen LogP contribution in [0.4, 0.5) is 22.2 Å². The fourth-order valence-electron chi connectivity index (χ4n) is 3.84. The maximum atomic E-state index is 12.9. The Morgan fingerprint density at radius 2 is 1.93 bits per heavy atom. The molecule has 4 rings (SSSR count). The maximum absolute atomic E-state index is 12.9. The Morgan fingerprint density at radius 1 is 1.19 bits per heavy atom. The molecule has 1 fully saturated rings. The van der Waals surface area contributed by atoms with Gasteiger partial charge in [0.05, 0.1) is 12.6 Å². The summed E-state index contributed by atoms with van der Waals surface area (Å²) in [7, 11) is 1.75. The first-order valence-electron chi connectivity index (χ1n) is 9.44. The summed E-state index contributed by atoms with van der Waals surface area (Å²) in [5.74, 6) is 1.19. The van der Waals surface area contributed by atoms with Gasteiger partial charge in [-0.3, -0.25) is 9.80 Å². The van der Waals surface area contributed by atoms with Crippen molar-refractivity contribution in [1.82, 2.24) is 9.97 Å². The van der Waals surface area contributed by atoms with Crippen LogP contribution in [0.25, 0.3) is 0 Å². The van der Waals surface area contributed by atoms with Gasteiger partial charge in [0.25, 0.3) is 0 Å². The third-order valence-corrected chi connectivity index (χ3v) is 5.44. The Bertz CT molecular complexity index is 848. The van der Waals surface area contributed by atoms with E-state index in [2.05, 4.69) is 15.3 Å². The van der Waals surface area contributed by atoms with Crippen LogP contribution in [0.3, 0.4) is 0 Å². The molecule has 0 atom stereocenters. The van der Waals surface area contributed by atoms with Gasteiger partial charge >= 0.3 is 6.03 Å². The molecule has 7 heteroatoms. The minimum Gasteiger partial charge on any atom is -0.393 e. The zero-order valence-corrected chi connectivity index (χ0v) is 15.7. The Kier molecular flexibility index (Phi) is 4.70. The van der Waals surface area contributed by atoms with Crippen molar-refractivity contribution in [3.63, 3.8) is 0 Å². The highest BCUT2D eigenvalue weighted by Crippen LogP contribution is 2.31. The van der Waals surface area contributed by atoms with Crippen molar-refractivity contribution in [3.8, 4) is 0 Å².